The largest absolute Gasteiger partial charge is 0.481 e. The van der Waals surface area contributed by atoms with E-state index in [1.165, 1.54) is 12.8 Å². The van der Waals surface area contributed by atoms with Crippen LogP contribution in [0.1, 0.15) is 57.8 Å². The monoisotopic (exact) mass is 326 g/mol. The van der Waals surface area contributed by atoms with Crippen LogP contribution in [0.5, 0.6) is 0 Å². The summed E-state index contributed by atoms with van der Waals surface area (Å²) in [5, 5.41) is 14.9. The lowest BCUT2D eigenvalue weighted by Crippen LogP contribution is -2.44. The summed E-state index contributed by atoms with van der Waals surface area (Å²) in [5.74, 6) is -0.262. The van der Waals surface area contributed by atoms with Crippen molar-refractivity contribution in [3.8, 4) is 0 Å². The molecule has 132 valence electrons. The van der Waals surface area contributed by atoms with E-state index in [-0.39, 0.29) is 18.0 Å². The summed E-state index contributed by atoms with van der Waals surface area (Å²) in [6.07, 6.45) is 8.88. The van der Waals surface area contributed by atoms with Crippen molar-refractivity contribution in [3.05, 3.63) is 0 Å². The molecule has 23 heavy (non-hydrogen) atoms. The second-order valence-electron chi connectivity index (χ2n) is 6.95. The minimum atomic E-state index is -0.712. The number of aliphatic carboxylic acids is 1. The van der Waals surface area contributed by atoms with E-state index in [1.54, 1.807) is 7.11 Å². The van der Waals surface area contributed by atoms with Crippen molar-refractivity contribution in [1.29, 1.82) is 0 Å². The molecule has 0 radical (unpaired) electrons. The molecule has 0 heterocycles. The molecule has 2 amide bonds. The molecular weight excluding hydrogens is 296 g/mol. The van der Waals surface area contributed by atoms with Crippen molar-refractivity contribution in [3.63, 3.8) is 0 Å². The first-order valence-corrected chi connectivity index (χ1v) is 8.88. The minimum Gasteiger partial charge on any atom is -0.481 e. The van der Waals surface area contributed by atoms with E-state index in [9.17, 15) is 9.59 Å². The van der Waals surface area contributed by atoms with Crippen LogP contribution >= 0.6 is 0 Å². The molecule has 0 atom stereocenters. The quantitative estimate of drug-likeness (QED) is 0.700. The number of carboxylic acids is 1. The Morgan fingerprint density at radius 1 is 1.04 bits per heavy atom. The van der Waals surface area contributed by atoms with Crippen LogP contribution in [0, 0.1) is 11.8 Å². The highest BCUT2D eigenvalue weighted by Gasteiger charge is 2.26. The molecule has 6 heteroatoms. The molecule has 0 unspecified atom stereocenters. The van der Waals surface area contributed by atoms with Crippen LogP contribution in [0.4, 0.5) is 4.79 Å². The van der Waals surface area contributed by atoms with Crippen LogP contribution in [0.2, 0.25) is 0 Å². The molecule has 0 bridgehead atoms. The number of carboxylic acid groups (broad SMARTS) is 1. The summed E-state index contributed by atoms with van der Waals surface area (Å²) >= 11 is 0. The molecule has 0 saturated heterocycles. The Kier molecular flexibility index (Phi) is 7.15. The van der Waals surface area contributed by atoms with Gasteiger partial charge in [0.15, 0.2) is 0 Å². The first kappa shape index (κ1) is 18.0. The molecule has 0 spiro atoms. The summed E-state index contributed by atoms with van der Waals surface area (Å²) in [6.45, 7) is 0.707. The normalized spacial score (nSPS) is 31.3. The number of carbonyl (C=O) groups is 2. The molecular formula is C17H30N2O4. The van der Waals surface area contributed by atoms with Crippen LogP contribution in [0.3, 0.4) is 0 Å². The average molecular weight is 326 g/mol. The van der Waals surface area contributed by atoms with Gasteiger partial charge in [0.2, 0.25) is 0 Å². The van der Waals surface area contributed by atoms with E-state index in [1.807, 2.05) is 0 Å². The van der Waals surface area contributed by atoms with Gasteiger partial charge in [0.1, 0.15) is 0 Å². The third-order valence-electron chi connectivity index (χ3n) is 5.38. The summed E-state index contributed by atoms with van der Waals surface area (Å²) in [4.78, 5) is 22.8. The van der Waals surface area contributed by atoms with E-state index in [0.29, 0.717) is 31.4 Å². The maximum atomic E-state index is 11.9. The lowest BCUT2D eigenvalue weighted by atomic mass is 9.85. The van der Waals surface area contributed by atoms with E-state index < -0.39 is 5.97 Å². The number of urea groups is 1. The third-order valence-corrected chi connectivity index (χ3v) is 5.38. The molecule has 2 aliphatic rings. The van der Waals surface area contributed by atoms with E-state index in [2.05, 4.69) is 10.6 Å². The maximum absolute atomic E-state index is 11.9. The number of hydrogen-bond acceptors (Lipinski definition) is 3. The minimum absolute atomic E-state index is 0.114. The lowest BCUT2D eigenvalue weighted by molar-refractivity contribution is -0.142. The van der Waals surface area contributed by atoms with Gasteiger partial charge in [-0.25, -0.2) is 4.79 Å². The predicted octanol–water partition coefficient (Wildman–Crippen LogP) is 2.52. The van der Waals surface area contributed by atoms with Crippen LogP contribution < -0.4 is 10.6 Å². The maximum Gasteiger partial charge on any atom is 0.315 e. The van der Waals surface area contributed by atoms with Crippen LogP contribution in [0.15, 0.2) is 0 Å². The Labute approximate surface area is 138 Å². The molecule has 0 aromatic carbocycles. The van der Waals surface area contributed by atoms with Gasteiger partial charge in [0.25, 0.3) is 0 Å². The Morgan fingerprint density at radius 2 is 1.70 bits per heavy atom. The fourth-order valence-corrected chi connectivity index (χ4v) is 3.77. The van der Waals surface area contributed by atoms with E-state index in [0.717, 1.165) is 32.1 Å². The van der Waals surface area contributed by atoms with Crippen LogP contribution in [-0.2, 0) is 9.53 Å². The number of ether oxygens (including phenoxy) is 1. The van der Waals surface area contributed by atoms with Crippen molar-refractivity contribution in [2.75, 3.05) is 13.7 Å². The highest BCUT2D eigenvalue weighted by molar-refractivity contribution is 5.74. The molecule has 0 aromatic rings. The van der Waals surface area contributed by atoms with E-state index >= 15 is 0 Å². The number of hydrogen-bond donors (Lipinski definition) is 3. The van der Waals surface area contributed by atoms with Crippen molar-refractivity contribution in [2.45, 2.75) is 69.9 Å². The molecule has 0 aliphatic heterocycles. The molecule has 2 fully saturated rings. The van der Waals surface area contributed by atoms with Gasteiger partial charge in [-0.3, -0.25) is 4.79 Å². The zero-order valence-corrected chi connectivity index (χ0v) is 14.1. The fraction of sp³-hybridized carbons (Fsp3) is 0.882. The van der Waals surface area contributed by atoms with Gasteiger partial charge in [-0.2, -0.15) is 0 Å². The standard InChI is InChI=1S/C17H30N2O4/c1-23-15-8-2-12(3-9-15)10-11-18-17(22)19-14-6-4-13(5-7-14)16(20)21/h12-15H,2-11H2,1H3,(H,20,21)(H2,18,19,22). The highest BCUT2D eigenvalue weighted by atomic mass is 16.5. The smallest absolute Gasteiger partial charge is 0.315 e. The second kappa shape index (κ2) is 9.11. The van der Waals surface area contributed by atoms with Gasteiger partial charge in [0.05, 0.1) is 12.0 Å². The molecule has 2 saturated carbocycles. The summed E-state index contributed by atoms with van der Waals surface area (Å²) in [5.41, 5.74) is 0. The highest BCUT2D eigenvalue weighted by Crippen LogP contribution is 2.28. The first-order valence-electron chi connectivity index (χ1n) is 8.88. The number of rotatable bonds is 6. The summed E-state index contributed by atoms with van der Waals surface area (Å²) in [6, 6.07) is -0.00269. The van der Waals surface area contributed by atoms with Crippen molar-refractivity contribution < 1.29 is 19.4 Å². The van der Waals surface area contributed by atoms with Crippen molar-refractivity contribution >= 4 is 12.0 Å². The number of nitrogens with one attached hydrogen (secondary N) is 2. The van der Waals surface area contributed by atoms with Gasteiger partial charge in [0, 0.05) is 19.7 Å². The van der Waals surface area contributed by atoms with Gasteiger partial charge >= 0.3 is 12.0 Å². The Hall–Kier alpha value is -1.30. The predicted molar refractivity (Wildman–Crippen MR) is 87.3 cm³/mol. The Bertz CT molecular complexity index is 386. The van der Waals surface area contributed by atoms with Gasteiger partial charge in [-0.15, -0.1) is 0 Å². The topological polar surface area (TPSA) is 87.7 Å². The van der Waals surface area contributed by atoms with E-state index in [4.69, 9.17) is 9.84 Å². The SMILES string of the molecule is COC1CCC(CCNC(=O)NC2CCC(C(=O)O)CC2)CC1. The lowest BCUT2D eigenvalue weighted by Gasteiger charge is -2.28. The molecule has 2 rings (SSSR count). The summed E-state index contributed by atoms with van der Waals surface area (Å²) in [7, 11) is 1.78. The van der Waals surface area contributed by atoms with Crippen molar-refractivity contribution in [2.24, 2.45) is 11.8 Å². The number of amides is 2. The zero-order valence-electron chi connectivity index (χ0n) is 14.1. The molecule has 3 N–H and O–H groups in total. The zero-order chi connectivity index (χ0) is 16.7. The number of carbonyl (C=O) groups excluding carboxylic acids is 1. The summed E-state index contributed by atoms with van der Waals surface area (Å²) < 4.78 is 5.37. The van der Waals surface area contributed by atoms with Crippen LogP contribution in [0.25, 0.3) is 0 Å². The number of methoxy groups -OCH3 is 1. The van der Waals surface area contributed by atoms with Gasteiger partial charge in [-0.1, -0.05) is 0 Å². The Balaban J connectivity index is 1.55. The van der Waals surface area contributed by atoms with Gasteiger partial charge in [-0.05, 0) is 63.7 Å². The fourth-order valence-electron chi connectivity index (χ4n) is 3.77. The Morgan fingerprint density at radius 3 is 2.26 bits per heavy atom. The van der Waals surface area contributed by atoms with Crippen LogP contribution in [-0.4, -0.2) is 42.9 Å². The second-order valence-corrected chi connectivity index (χ2v) is 6.95. The van der Waals surface area contributed by atoms with Crippen molar-refractivity contribution in [1.82, 2.24) is 10.6 Å². The molecule has 2 aliphatic carbocycles. The molecule has 6 nitrogen and oxygen atoms in total. The first-order chi connectivity index (χ1) is 11.1. The third kappa shape index (κ3) is 6.01. The average Bonchev–Trinajstić information content (AvgIpc) is 2.56. The van der Waals surface area contributed by atoms with Gasteiger partial charge < -0.3 is 20.5 Å². The molecule has 0 aromatic heterocycles.